The van der Waals surface area contributed by atoms with Crippen molar-refractivity contribution in [2.24, 2.45) is 5.92 Å². The van der Waals surface area contributed by atoms with Crippen LogP contribution in [0, 0.1) is 5.92 Å². The topological polar surface area (TPSA) is 32.3 Å². The minimum Gasteiger partial charge on any atom is -0.348 e. The predicted octanol–water partition coefficient (Wildman–Crippen LogP) is 1.44. The van der Waals surface area contributed by atoms with Crippen molar-refractivity contribution in [3.05, 3.63) is 0 Å². The fraction of sp³-hybridized carbons (Fsp3) is 0.909. The van der Waals surface area contributed by atoms with Gasteiger partial charge in [0.05, 0.1) is 0 Å². The molecule has 0 bridgehead atoms. The van der Waals surface area contributed by atoms with Crippen LogP contribution < -0.4 is 5.32 Å². The maximum Gasteiger partial charge on any atom is 0.209 e. The number of carbonyl (C=O) groups is 1. The van der Waals surface area contributed by atoms with Crippen LogP contribution in [0.5, 0.6) is 0 Å². The Morgan fingerprint density at radius 3 is 2.67 bits per heavy atom. The number of carbonyl (C=O) groups excluding carboxylic acids is 1. The molecule has 0 aromatic carbocycles. The maximum atomic E-state index is 10.5. The molecule has 0 rings (SSSR count). The molecule has 4 heteroatoms. The Balaban J connectivity index is 3.86. The van der Waals surface area contributed by atoms with Gasteiger partial charge in [-0.3, -0.25) is 4.79 Å². The Bertz CT molecular complexity index is 167. The molecule has 0 aliphatic carbocycles. The first-order valence-corrected chi connectivity index (χ1v) is 6.71. The lowest BCUT2D eigenvalue weighted by molar-refractivity contribution is -0.117. The van der Waals surface area contributed by atoms with Crippen LogP contribution in [0.3, 0.4) is 0 Å². The molecular weight excluding hydrogens is 208 g/mol. The third-order valence-corrected chi connectivity index (χ3v) is 3.52. The van der Waals surface area contributed by atoms with E-state index in [1.807, 2.05) is 25.9 Å². The summed E-state index contributed by atoms with van der Waals surface area (Å²) in [5.74, 6) is 2.87. The number of hydrogen-bond donors (Lipinski definition) is 1. The van der Waals surface area contributed by atoms with Crippen molar-refractivity contribution in [3.63, 3.8) is 0 Å². The maximum absolute atomic E-state index is 10.5. The van der Waals surface area contributed by atoms with Crippen LogP contribution in [0.15, 0.2) is 0 Å². The molecule has 0 aromatic heterocycles. The van der Waals surface area contributed by atoms with Gasteiger partial charge in [-0.05, 0) is 30.9 Å². The average molecular weight is 232 g/mol. The zero-order chi connectivity index (χ0) is 11.7. The van der Waals surface area contributed by atoms with E-state index in [0.29, 0.717) is 12.0 Å². The second-order valence-corrected chi connectivity index (χ2v) is 5.30. The number of rotatable bonds is 9. The zero-order valence-electron chi connectivity index (χ0n) is 10.3. The molecular formula is C11H24N2OS. The van der Waals surface area contributed by atoms with Gasteiger partial charge in [0.2, 0.25) is 6.41 Å². The lowest BCUT2D eigenvalue weighted by Crippen LogP contribution is -2.38. The third-order valence-electron chi connectivity index (χ3n) is 2.59. The van der Waals surface area contributed by atoms with Gasteiger partial charge in [-0.2, -0.15) is 11.8 Å². The van der Waals surface area contributed by atoms with E-state index in [0.717, 1.165) is 13.0 Å². The molecule has 0 spiro atoms. The molecule has 2 atom stereocenters. The summed E-state index contributed by atoms with van der Waals surface area (Å²) in [4.78, 5) is 12.2. The van der Waals surface area contributed by atoms with Crippen molar-refractivity contribution in [2.45, 2.75) is 26.3 Å². The fourth-order valence-corrected chi connectivity index (χ4v) is 2.40. The third kappa shape index (κ3) is 6.79. The average Bonchev–Trinajstić information content (AvgIpc) is 2.24. The largest absolute Gasteiger partial charge is 0.348 e. The summed E-state index contributed by atoms with van der Waals surface area (Å²) < 4.78 is 0. The quantitative estimate of drug-likeness (QED) is 0.482. The van der Waals surface area contributed by atoms with E-state index in [1.54, 1.807) is 4.90 Å². The normalized spacial score (nSPS) is 14.7. The molecule has 3 nitrogen and oxygen atoms in total. The number of hydrogen-bond acceptors (Lipinski definition) is 3. The summed E-state index contributed by atoms with van der Waals surface area (Å²) in [5, 5.41) is 3.33. The first kappa shape index (κ1) is 14.8. The summed E-state index contributed by atoms with van der Waals surface area (Å²) in [6.07, 6.45) is 2.06. The van der Waals surface area contributed by atoms with Gasteiger partial charge in [-0.1, -0.05) is 13.8 Å². The van der Waals surface area contributed by atoms with Crippen LogP contribution in [0.4, 0.5) is 0 Å². The Kier molecular flexibility index (Phi) is 8.91. The van der Waals surface area contributed by atoms with E-state index in [1.165, 1.54) is 17.9 Å². The zero-order valence-corrected chi connectivity index (χ0v) is 11.1. The first-order valence-electron chi connectivity index (χ1n) is 5.56. The molecule has 0 aliphatic rings. The summed E-state index contributed by atoms with van der Waals surface area (Å²) in [6, 6.07) is 0.506. The minimum absolute atomic E-state index is 0.502. The standard InChI is InChI=1S/C11H24N2OS/c1-5-15-7-6-11(12-3)10(2)8-13(4)9-14/h9-12H,5-8H2,1-4H3. The molecule has 15 heavy (non-hydrogen) atoms. The van der Waals surface area contributed by atoms with Gasteiger partial charge in [0.15, 0.2) is 0 Å². The Hall–Kier alpha value is -0.220. The predicted molar refractivity (Wildman–Crippen MR) is 68.3 cm³/mol. The summed E-state index contributed by atoms with van der Waals surface area (Å²) in [6.45, 7) is 5.20. The van der Waals surface area contributed by atoms with Gasteiger partial charge in [-0.15, -0.1) is 0 Å². The second-order valence-electron chi connectivity index (χ2n) is 3.90. The minimum atomic E-state index is 0.502. The Morgan fingerprint density at radius 1 is 1.53 bits per heavy atom. The van der Waals surface area contributed by atoms with Gasteiger partial charge in [0.25, 0.3) is 0 Å². The summed E-state index contributed by atoms with van der Waals surface area (Å²) >= 11 is 1.97. The SMILES string of the molecule is CCSCCC(NC)C(C)CN(C)C=O. The van der Waals surface area contributed by atoms with E-state index < -0.39 is 0 Å². The van der Waals surface area contributed by atoms with Crippen LogP contribution in [0.1, 0.15) is 20.3 Å². The van der Waals surface area contributed by atoms with E-state index in [4.69, 9.17) is 0 Å². The van der Waals surface area contributed by atoms with Crippen molar-refractivity contribution in [1.29, 1.82) is 0 Å². The highest BCUT2D eigenvalue weighted by atomic mass is 32.2. The number of nitrogens with zero attached hydrogens (tertiary/aromatic N) is 1. The monoisotopic (exact) mass is 232 g/mol. The van der Waals surface area contributed by atoms with Gasteiger partial charge in [0.1, 0.15) is 0 Å². The highest BCUT2D eigenvalue weighted by Gasteiger charge is 2.16. The van der Waals surface area contributed by atoms with Gasteiger partial charge >= 0.3 is 0 Å². The van der Waals surface area contributed by atoms with Crippen molar-refractivity contribution >= 4 is 18.2 Å². The molecule has 0 aromatic rings. The van der Waals surface area contributed by atoms with Crippen molar-refractivity contribution in [3.8, 4) is 0 Å². The van der Waals surface area contributed by atoms with Crippen molar-refractivity contribution in [1.82, 2.24) is 10.2 Å². The van der Waals surface area contributed by atoms with E-state index in [9.17, 15) is 4.79 Å². The van der Waals surface area contributed by atoms with E-state index in [-0.39, 0.29) is 0 Å². The Labute approximate surface area is 98.0 Å². The highest BCUT2D eigenvalue weighted by molar-refractivity contribution is 7.99. The van der Waals surface area contributed by atoms with E-state index >= 15 is 0 Å². The second kappa shape index (κ2) is 9.04. The van der Waals surface area contributed by atoms with Gasteiger partial charge in [0, 0.05) is 19.6 Å². The molecule has 0 fully saturated rings. The van der Waals surface area contributed by atoms with Crippen LogP contribution in [-0.4, -0.2) is 49.5 Å². The number of thioether (sulfide) groups is 1. The molecule has 1 N–H and O–H groups in total. The molecule has 0 heterocycles. The molecule has 90 valence electrons. The van der Waals surface area contributed by atoms with Crippen LogP contribution >= 0.6 is 11.8 Å². The van der Waals surface area contributed by atoms with Crippen LogP contribution in [0.25, 0.3) is 0 Å². The summed E-state index contributed by atoms with van der Waals surface area (Å²) in [7, 11) is 3.83. The fourth-order valence-electron chi connectivity index (χ4n) is 1.69. The van der Waals surface area contributed by atoms with Crippen molar-refractivity contribution < 1.29 is 4.79 Å². The van der Waals surface area contributed by atoms with Crippen LogP contribution in [0.2, 0.25) is 0 Å². The molecule has 1 amide bonds. The molecule has 0 saturated carbocycles. The van der Waals surface area contributed by atoms with Gasteiger partial charge in [-0.25, -0.2) is 0 Å². The number of nitrogens with one attached hydrogen (secondary N) is 1. The molecule has 0 saturated heterocycles. The molecule has 2 unspecified atom stereocenters. The van der Waals surface area contributed by atoms with Crippen molar-refractivity contribution in [2.75, 3.05) is 32.1 Å². The first-order chi connectivity index (χ1) is 7.15. The smallest absolute Gasteiger partial charge is 0.209 e. The highest BCUT2D eigenvalue weighted by Crippen LogP contribution is 2.11. The molecule has 0 aliphatic heterocycles. The van der Waals surface area contributed by atoms with Gasteiger partial charge < -0.3 is 10.2 Å². The molecule has 0 radical (unpaired) electrons. The van der Waals surface area contributed by atoms with Crippen LogP contribution in [-0.2, 0) is 4.79 Å². The lowest BCUT2D eigenvalue weighted by Gasteiger charge is -2.26. The number of amides is 1. The van der Waals surface area contributed by atoms with E-state index in [2.05, 4.69) is 19.2 Å². The summed E-state index contributed by atoms with van der Waals surface area (Å²) in [5.41, 5.74) is 0. The lowest BCUT2D eigenvalue weighted by atomic mass is 9.99. The Morgan fingerprint density at radius 2 is 2.20 bits per heavy atom.